The van der Waals surface area contributed by atoms with E-state index in [-0.39, 0.29) is 18.1 Å². The summed E-state index contributed by atoms with van der Waals surface area (Å²) >= 11 is 2.91. The number of aromatic nitrogens is 1. The monoisotopic (exact) mass is 387 g/mol. The first-order valence-electron chi connectivity index (χ1n) is 7.80. The molecule has 1 aliphatic rings. The number of rotatable bonds is 5. The minimum Gasteiger partial charge on any atom is -0.486 e. The van der Waals surface area contributed by atoms with Crippen molar-refractivity contribution in [1.29, 1.82) is 0 Å². The lowest BCUT2D eigenvalue weighted by molar-refractivity contribution is 0.0469. The van der Waals surface area contributed by atoms with Gasteiger partial charge >= 0.3 is 5.97 Å². The van der Waals surface area contributed by atoms with Gasteiger partial charge in [-0.05, 0) is 29.6 Å². The van der Waals surface area contributed by atoms with Crippen LogP contribution in [0.25, 0.3) is 9.88 Å². The molecule has 132 valence electrons. The lowest BCUT2D eigenvalue weighted by Gasteiger charge is -2.18. The summed E-state index contributed by atoms with van der Waals surface area (Å²) in [6, 6.07) is 8.76. The van der Waals surface area contributed by atoms with Crippen LogP contribution in [0.2, 0.25) is 0 Å². The molecule has 2 aromatic heterocycles. The molecule has 1 aromatic carbocycles. The Morgan fingerprint density at radius 3 is 2.77 bits per heavy atom. The topological polar surface area (TPSA) is 74.7 Å². The van der Waals surface area contributed by atoms with E-state index in [1.165, 1.54) is 11.3 Å². The zero-order chi connectivity index (χ0) is 17.9. The standard InChI is InChI=1S/C18H13NO5S2/c20-13(11-3-4-14-15(8-11)23-6-5-22-14)9-24-18(21)12-10-26-17(19-12)16-2-1-7-25-16/h1-4,7-8,10H,5-6,9H2. The van der Waals surface area contributed by atoms with Gasteiger partial charge in [0, 0.05) is 10.9 Å². The van der Waals surface area contributed by atoms with E-state index in [2.05, 4.69) is 4.98 Å². The highest BCUT2D eigenvalue weighted by Gasteiger charge is 2.18. The van der Waals surface area contributed by atoms with Crippen LogP contribution < -0.4 is 9.47 Å². The summed E-state index contributed by atoms with van der Waals surface area (Å²) in [7, 11) is 0. The molecule has 0 unspecified atom stereocenters. The number of thiophene rings is 1. The molecule has 1 aliphatic heterocycles. The van der Waals surface area contributed by atoms with Gasteiger partial charge in [-0.2, -0.15) is 0 Å². The van der Waals surface area contributed by atoms with Crippen LogP contribution in [0.15, 0.2) is 41.1 Å². The highest BCUT2D eigenvalue weighted by Crippen LogP contribution is 2.31. The van der Waals surface area contributed by atoms with E-state index in [9.17, 15) is 9.59 Å². The molecule has 0 saturated carbocycles. The van der Waals surface area contributed by atoms with Gasteiger partial charge in [0.05, 0.1) is 4.88 Å². The first-order valence-corrected chi connectivity index (χ1v) is 9.56. The van der Waals surface area contributed by atoms with Crippen molar-refractivity contribution in [3.8, 4) is 21.4 Å². The second kappa shape index (κ2) is 7.27. The molecule has 0 bridgehead atoms. The van der Waals surface area contributed by atoms with Gasteiger partial charge in [0.15, 0.2) is 29.6 Å². The summed E-state index contributed by atoms with van der Waals surface area (Å²) in [6.07, 6.45) is 0. The van der Waals surface area contributed by atoms with Crippen LogP contribution >= 0.6 is 22.7 Å². The first-order chi connectivity index (χ1) is 12.7. The third-order valence-corrected chi connectivity index (χ3v) is 5.53. The Morgan fingerprint density at radius 1 is 1.12 bits per heavy atom. The number of hydrogen-bond donors (Lipinski definition) is 0. The predicted molar refractivity (Wildman–Crippen MR) is 97.5 cm³/mol. The molecule has 3 aromatic rings. The second-order valence-electron chi connectivity index (χ2n) is 5.37. The van der Waals surface area contributed by atoms with Gasteiger partial charge in [0.1, 0.15) is 18.2 Å². The molecule has 0 fully saturated rings. The Balaban J connectivity index is 1.39. The van der Waals surface area contributed by atoms with Gasteiger partial charge < -0.3 is 14.2 Å². The van der Waals surface area contributed by atoms with E-state index in [1.54, 1.807) is 34.9 Å². The summed E-state index contributed by atoms with van der Waals surface area (Å²) in [4.78, 5) is 29.6. The van der Waals surface area contributed by atoms with Gasteiger partial charge in [-0.25, -0.2) is 9.78 Å². The number of carbonyl (C=O) groups excluding carboxylic acids is 2. The number of fused-ring (bicyclic) bond motifs is 1. The molecule has 0 spiro atoms. The number of esters is 1. The third-order valence-electron chi connectivity index (χ3n) is 3.64. The fourth-order valence-electron chi connectivity index (χ4n) is 2.39. The summed E-state index contributed by atoms with van der Waals surface area (Å²) in [6.45, 7) is 0.569. The fraction of sp³-hybridized carbons (Fsp3) is 0.167. The molecule has 8 heteroatoms. The van der Waals surface area contributed by atoms with Gasteiger partial charge in [-0.3, -0.25) is 4.79 Å². The maximum atomic E-state index is 12.3. The normalized spacial score (nSPS) is 12.6. The zero-order valence-corrected chi connectivity index (χ0v) is 15.1. The Hall–Kier alpha value is -2.71. The Morgan fingerprint density at radius 2 is 1.96 bits per heavy atom. The molecule has 3 heterocycles. The number of thiazole rings is 1. The van der Waals surface area contributed by atoms with Gasteiger partial charge in [-0.15, -0.1) is 22.7 Å². The van der Waals surface area contributed by atoms with Crippen molar-refractivity contribution in [2.75, 3.05) is 19.8 Å². The number of nitrogens with zero attached hydrogens (tertiary/aromatic N) is 1. The molecule has 0 aliphatic carbocycles. The zero-order valence-electron chi connectivity index (χ0n) is 13.5. The largest absolute Gasteiger partial charge is 0.486 e. The quantitative estimate of drug-likeness (QED) is 0.491. The van der Waals surface area contributed by atoms with Crippen LogP contribution in [0.1, 0.15) is 20.8 Å². The molecular formula is C18H13NO5S2. The first kappa shape index (κ1) is 16.7. The average Bonchev–Trinajstić information content (AvgIpc) is 3.36. The lowest BCUT2D eigenvalue weighted by atomic mass is 10.1. The van der Waals surface area contributed by atoms with Crippen molar-refractivity contribution in [1.82, 2.24) is 4.98 Å². The molecule has 26 heavy (non-hydrogen) atoms. The van der Waals surface area contributed by atoms with Crippen molar-refractivity contribution in [2.45, 2.75) is 0 Å². The van der Waals surface area contributed by atoms with E-state index in [0.29, 0.717) is 30.3 Å². The number of benzene rings is 1. The summed E-state index contributed by atoms with van der Waals surface area (Å²) in [5.41, 5.74) is 0.605. The molecule has 0 N–H and O–H groups in total. The number of Topliss-reactive ketones (excluding diaryl/α,β-unsaturated/α-hetero) is 1. The van der Waals surface area contributed by atoms with Crippen molar-refractivity contribution in [2.24, 2.45) is 0 Å². The van der Waals surface area contributed by atoms with Crippen LogP contribution in [0.3, 0.4) is 0 Å². The van der Waals surface area contributed by atoms with E-state index in [1.807, 2.05) is 17.5 Å². The smallest absolute Gasteiger partial charge is 0.358 e. The maximum Gasteiger partial charge on any atom is 0.358 e. The predicted octanol–water partition coefficient (Wildman–Crippen LogP) is 3.68. The summed E-state index contributed by atoms with van der Waals surface area (Å²) < 4.78 is 16.0. The minimum atomic E-state index is -0.616. The van der Waals surface area contributed by atoms with E-state index < -0.39 is 5.97 Å². The molecule has 0 saturated heterocycles. The molecule has 6 nitrogen and oxygen atoms in total. The van der Waals surface area contributed by atoms with Crippen molar-refractivity contribution >= 4 is 34.4 Å². The number of ketones is 1. The van der Waals surface area contributed by atoms with Crippen LogP contribution in [0.5, 0.6) is 11.5 Å². The van der Waals surface area contributed by atoms with E-state index in [4.69, 9.17) is 14.2 Å². The van der Waals surface area contributed by atoms with Crippen LogP contribution in [0, 0.1) is 0 Å². The van der Waals surface area contributed by atoms with E-state index >= 15 is 0 Å². The third kappa shape index (κ3) is 3.47. The Kier molecular flexibility index (Phi) is 4.68. The van der Waals surface area contributed by atoms with Crippen LogP contribution in [0.4, 0.5) is 0 Å². The van der Waals surface area contributed by atoms with Gasteiger partial charge in [0.2, 0.25) is 0 Å². The lowest BCUT2D eigenvalue weighted by Crippen LogP contribution is -2.17. The fourth-order valence-corrected chi connectivity index (χ4v) is 3.99. The molecule has 0 radical (unpaired) electrons. The molecule has 4 rings (SSSR count). The molecule has 0 atom stereocenters. The van der Waals surface area contributed by atoms with Gasteiger partial charge in [-0.1, -0.05) is 6.07 Å². The highest BCUT2D eigenvalue weighted by atomic mass is 32.1. The number of ether oxygens (including phenoxy) is 3. The van der Waals surface area contributed by atoms with Crippen molar-refractivity contribution < 1.29 is 23.8 Å². The van der Waals surface area contributed by atoms with Crippen molar-refractivity contribution in [3.05, 3.63) is 52.3 Å². The Labute approximate surface area is 157 Å². The summed E-state index contributed by atoms with van der Waals surface area (Å²) in [5.74, 6) is 0.195. The number of carbonyl (C=O) groups is 2. The van der Waals surface area contributed by atoms with Crippen LogP contribution in [-0.4, -0.2) is 36.6 Å². The summed E-state index contributed by atoms with van der Waals surface area (Å²) in [5, 5.41) is 4.33. The second-order valence-corrected chi connectivity index (χ2v) is 7.18. The molecule has 0 amide bonds. The Bertz CT molecular complexity index is 948. The molecular weight excluding hydrogens is 374 g/mol. The maximum absolute atomic E-state index is 12.3. The van der Waals surface area contributed by atoms with E-state index in [0.717, 1.165) is 9.88 Å². The highest BCUT2D eigenvalue weighted by molar-refractivity contribution is 7.20. The van der Waals surface area contributed by atoms with Crippen molar-refractivity contribution in [3.63, 3.8) is 0 Å². The average molecular weight is 387 g/mol. The SMILES string of the molecule is O=C(COC(=O)c1csc(-c2cccs2)n1)c1ccc2c(c1)OCCO2. The van der Waals surface area contributed by atoms with Gasteiger partial charge in [0.25, 0.3) is 0 Å². The minimum absolute atomic E-state index is 0.202. The van der Waals surface area contributed by atoms with Crippen LogP contribution in [-0.2, 0) is 4.74 Å². The number of hydrogen-bond acceptors (Lipinski definition) is 8.